The van der Waals surface area contributed by atoms with Crippen molar-refractivity contribution in [2.75, 3.05) is 6.61 Å². The van der Waals surface area contributed by atoms with Gasteiger partial charge in [0.15, 0.2) is 0 Å². The lowest BCUT2D eigenvalue weighted by molar-refractivity contribution is -0.348. The van der Waals surface area contributed by atoms with Gasteiger partial charge in [0, 0.05) is 12.0 Å². The highest BCUT2D eigenvalue weighted by Crippen LogP contribution is 2.42. The van der Waals surface area contributed by atoms with Gasteiger partial charge in [-0.3, -0.25) is 9.35 Å². The minimum Gasteiger partial charge on any atom is -0.410 e. The molecule has 1 unspecified atom stereocenters. The molecule has 0 aliphatic rings. The summed E-state index contributed by atoms with van der Waals surface area (Å²) in [6.07, 6.45) is -9.56. The molecule has 0 aromatic heterocycles. The molecule has 0 rings (SSSR count). The summed E-state index contributed by atoms with van der Waals surface area (Å²) in [5.41, 5.74) is -1.42. The first-order chi connectivity index (χ1) is 13.9. The SMILES string of the molecule is C=C(F)C(=O)OC(OCCCC(F)(F)C(F)(F)S(=O)(=O)O)(C(=O)NC(C)(C)C)C(F)(F)F. The summed E-state index contributed by atoms with van der Waals surface area (Å²) in [5.74, 6) is -16.8. The lowest BCUT2D eigenvalue weighted by Gasteiger charge is -2.35. The minimum absolute atomic E-state index is 1.18. The molecule has 1 atom stereocenters. The maximum absolute atomic E-state index is 13.6. The molecule has 0 radical (unpaired) electrons. The smallest absolute Gasteiger partial charge is 0.410 e. The van der Waals surface area contributed by atoms with Gasteiger partial charge < -0.3 is 14.8 Å². The van der Waals surface area contributed by atoms with Crippen LogP contribution in [-0.4, -0.2) is 60.1 Å². The van der Waals surface area contributed by atoms with Crippen molar-refractivity contribution in [3.05, 3.63) is 12.4 Å². The van der Waals surface area contributed by atoms with E-state index in [-0.39, 0.29) is 0 Å². The Balaban J connectivity index is 5.88. The van der Waals surface area contributed by atoms with E-state index >= 15 is 0 Å². The van der Waals surface area contributed by atoms with Crippen LogP contribution in [0.2, 0.25) is 0 Å². The van der Waals surface area contributed by atoms with Crippen molar-refractivity contribution in [3.63, 3.8) is 0 Å². The Morgan fingerprint density at radius 1 is 1.03 bits per heavy atom. The average molecular weight is 509 g/mol. The maximum Gasteiger partial charge on any atom is 0.466 e. The highest BCUT2D eigenvalue weighted by molar-refractivity contribution is 7.87. The Bertz CT molecular complexity index is 836. The van der Waals surface area contributed by atoms with Gasteiger partial charge in [0.2, 0.25) is 5.83 Å². The van der Waals surface area contributed by atoms with Gasteiger partial charge in [-0.2, -0.15) is 43.5 Å². The number of carbonyl (C=O) groups excluding carboxylic acids is 2. The third-order valence-corrected chi connectivity index (χ3v) is 4.26. The van der Waals surface area contributed by atoms with E-state index in [0.29, 0.717) is 0 Å². The molecule has 0 saturated carbocycles. The Morgan fingerprint density at radius 3 is 1.84 bits per heavy atom. The van der Waals surface area contributed by atoms with Gasteiger partial charge in [0.05, 0.1) is 6.61 Å². The van der Waals surface area contributed by atoms with Crippen molar-refractivity contribution in [1.82, 2.24) is 5.32 Å². The van der Waals surface area contributed by atoms with Crippen LogP contribution in [0.3, 0.4) is 0 Å². The monoisotopic (exact) mass is 509 g/mol. The molecule has 8 nitrogen and oxygen atoms in total. The number of carbonyl (C=O) groups is 2. The van der Waals surface area contributed by atoms with Gasteiger partial charge in [0.25, 0.3) is 0 Å². The first-order valence-electron chi connectivity index (χ1n) is 8.25. The number of alkyl halides is 7. The topological polar surface area (TPSA) is 119 Å². The molecule has 0 saturated heterocycles. The molecule has 0 aliphatic carbocycles. The highest BCUT2D eigenvalue weighted by Gasteiger charge is 2.67. The van der Waals surface area contributed by atoms with Gasteiger partial charge in [-0.1, -0.05) is 6.58 Å². The van der Waals surface area contributed by atoms with Crippen LogP contribution < -0.4 is 5.32 Å². The molecule has 2 N–H and O–H groups in total. The number of amides is 1. The number of esters is 1. The van der Waals surface area contributed by atoms with E-state index in [1.54, 1.807) is 5.32 Å². The van der Waals surface area contributed by atoms with E-state index < -0.39 is 75.9 Å². The number of hydrogen-bond donors (Lipinski definition) is 2. The summed E-state index contributed by atoms with van der Waals surface area (Å²) in [4.78, 5) is 23.5. The Morgan fingerprint density at radius 2 is 1.50 bits per heavy atom. The van der Waals surface area contributed by atoms with Crippen molar-refractivity contribution in [2.24, 2.45) is 0 Å². The largest absolute Gasteiger partial charge is 0.466 e. The number of halogens is 8. The highest BCUT2D eigenvalue weighted by atomic mass is 32.2. The lowest BCUT2D eigenvalue weighted by Crippen LogP contribution is -2.64. The first-order valence-corrected chi connectivity index (χ1v) is 9.69. The molecule has 0 aromatic rings. The van der Waals surface area contributed by atoms with Gasteiger partial charge in [-0.25, -0.2) is 4.79 Å². The average Bonchev–Trinajstić information content (AvgIpc) is 2.53. The van der Waals surface area contributed by atoms with Crippen LogP contribution >= 0.6 is 0 Å². The zero-order valence-electron chi connectivity index (χ0n) is 16.7. The third-order valence-electron chi connectivity index (χ3n) is 3.31. The van der Waals surface area contributed by atoms with Crippen LogP contribution in [0.15, 0.2) is 12.4 Å². The van der Waals surface area contributed by atoms with Crippen LogP contribution in [0.1, 0.15) is 33.6 Å². The van der Waals surface area contributed by atoms with Crippen LogP contribution in [-0.2, 0) is 29.2 Å². The lowest BCUT2D eigenvalue weighted by atomic mass is 10.1. The number of rotatable bonds is 10. The number of ether oxygens (including phenoxy) is 2. The van der Waals surface area contributed by atoms with Crippen LogP contribution in [0.25, 0.3) is 0 Å². The van der Waals surface area contributed by atoms with Crippen molar-refractivity contribution in [2.45, 2.75) is 62.3 Å². The number of hydrogen-bond acceptors (Lipinski definition) is 6. The van der Waals surface area contributed by atoms with E-state index in [1.165, 1.54) is 20.8 Å². The summed E-state index contributed by atoms with van der Waals surface area (Å²) < 4.78 is 144. The minimum atomic E-state index is -6.60. The quantitative estimate of drug-likeness (QED) is 0.116. The zero-order valence-corrected chi connectivity index (χ0v) is 17.5. The van der Waals surface area contributed by atoms with Crippen LogP contribution in [0.4, 0.5) is 35.1 Å². The van der Waals surface area contributed by atoms with Crippen LogP contribution in [0.5, 0.6) is 0 Å². The van der Waals surface area contributed by atoms with Crippen molar-refractivity contribution >= 4 is 22.0 Å². The zero-order chi connectivity index (χ0) is 26.0. The third kappa shape index (κ3) is 6.99. The Hall–Kier alpha value is -2.01. The van der Waals surface area contributed by atoms with Crippen molar-refractivity contribution in [1.29, 1.82) is 0 Å². The first kappa shape index (κ1) is 30.0. The standard InChI is InChI=1S/C15H19F8NO7S/c1-8(16)9(25)31-13(14(19,20)21,10(26)24-11(2,3)4)30-7-5-6-12(17,18)15(22,23)32(27,28)29/h1,5-7H2,2-4H3,(H,24,26)(H,27,28,29). The fourth-order valence-electron chi connectivity index (χ4n) is 1.86. The molecule has 0 fully saturated rings. The second-order valence-corrected chi connectivity index (χ2v) is 8.72. The normalized spacial score (nSPS) is 15.6. The molecule has 0 aromatic carbocycles. The molecule has 188 valence electrons. The predicted molar refractivity (Wildman–Crippen MR) is 89.7 cm³/mol. The summed E-state index contributed by atoms with van der Waals surface area (Å²) in [6.45, 7) is 4.28. The fourth-order valence-corrected chi connectivity index (χ4v) is 2.34. The van der Waals surface area contributed by atoms with E-state index in [2.05, 4.69) is 16.1 Å². The molecule has 32 heavy (non-hydrogen) atoms. The molecular formula is C15H19F8NO7S. The second-order valence-electron chi connectivity index (χ2n) is 7.26. The summed E-state index contributed by atoms with van der Waals surface area (Å²) >= 11 is 0. The molecule has 0 heterocycles. The summed E-state index contributed by atoms with van der Waals surface area (Å²) in [7, 11) is -6.60. The molecule has 17 heteroatoms. The van der Waals surface area contributed by atoms with Gasteiger partial charge >= 0.3 is 45.1 Å². The summed E-state index contributed by atoms with van der Waals surface area (Å²) in [6, 6.07) is 0. The van der Waals surface area contributed by atoms with Crippen molar-refractivity contribution < 1.29 is 67.2 Å². The molecule has 0 aliphatic heterocycles. The molecule has 1 amide bonds. The molecule has 0 spiro atoms. The molecule has 0 bridgehead atoms. The maximum atomic E-state index is 13.6. The Labute approximate surface area is 176 Å². The molecular weight excluding hydrogens is 490 g/mol. The number of nitrogens with one attached hydrogen (secondary N) is 1. The second kappa shape index (κ2) is 9.46. The van der Waals surface area contributed by atoms with E-state index in [1.807, 2.05) is 0 Å². The van der Waals surface area contributed by atoms with E-state index in [9.17, 15) is 53.1 Å². The Kier molecular flexibility index (Phi) is 8.87. The van der Waals surface area contributed by atoms with Gasteiger partial charge in [-0.15, -0.1) is 0 Å². The van der Waals surface area contributed by atoms with Gasteiger partial charge in [0.1, 0.15) is 0 Å². The fraction of sp³-hybridized carbons (Fsp3) is 0.733. The van der Waals surface area contributed by atoms with Crippen LogP contribution in [0, 0.1) is 0 Å². The summed E-state index contributed by atoms with van der Waals surface area (Å²) in [5, 5.41) is -4.28. The van der Waals surface area contributed by atoms with Gasteiger partial charge in [-0.05, 0) is 27.2 Å². The van der Waals surface area contributed by atoms with E-state index in [4.69, 9.17) is 4.55 Å². The van der Waals surface area contributed by atoms with E-state index in [0.717, 1.165) is 0 Å². The predicted octanol–water partition coefficient (Wildman–Crippen LogP) is 3.10. The van der Waals surface area contributed by atoms with Crippen molar-refractivity contribution in [3.8, 4) is 0 Å².